The summed E-state index contributed by atoms with van der Waals surface area (Å²) in [5, 5.41) is 3.71. The Labute approximate surface area is 246 Å². The molecule has 43 heavy (non-hydrogen) atoms. The van der Waals surface area contributed by atoms with Gasteiger partial charge in [-0.3, -0.25) is 19.6 Å². The van der Waals surface area contributed by atoms with E-state index < -0.39 is 5.92 Å². The van der Waals surface area contributed by atoms with Gasteiger partial charge in [-0.2, -0.15) is 0 Å². The predicted molar refractivity (Wildman–Crippen MR) is 160 cm³/mol. The number of piperidine rings is 1. The lowest BCUT2D eigenvalue weighted by atomic mass is 9.96. The number of pyridine rings is 2. The monoisotopic (exact) mass is 578 g/mol. The summed E-state index contributed by atoms with van der Waals surface area (Å²) in [5.41, 5.74) is 5.53. The molecule has 1 saturated heterocycles. The highest BCUT2D eigenvalue weighted by atomic mass is 19.3. The summed E-state index contributed by atoms with van der Waals surface area (Å²) < 4.78 is 33.3. The van der Waals surface area contributed by atoms with Crippen LogP contribution in [0, 0.1) is 0 Å². The summed E-state index contributed by atoms with van der Waals surface area (Å²) in [6.45, 7) is 0.294. The fourth-order valence-electron chi connectivity index (χ4n) is 5.11. The molecule has 0 radical (unpaired) electrons. The number of furan rings is 1. The first-order valence-corrected chi connectivity index (χ1v) is 13.9. The quantitative estimate of drug-likeness (QED) is 0.216. The predicted octanol–water partition coefficient (Wildman–Crippen LogP) is 6.76. The lowest BCUT2D eigenvalue weighted by Crippen LogP contribution is -2.42. The van der Waals surface area contributed by atoms with Gasteiger partial charge in [-0.1, -0.05) is 18.2 Å². The van der Waals surface area contributed by atoms with Crippen molar-refractivity contribution in [3.63, 3.8) is 0 Å². The van der Waals surface area contributed by atoms with Crippen LogP contribution < -0.4 is 5.32 Å². The molecule has 2 aromatic carbocycles. The van der Waals surface area contributed by atoms with E-state index in [2.05, 4.69) is 15.3 Å². The van der Waals surface area contributed by atoms with Gasteiger partial charge in [0.1, 0.15) is 11.3 Å². The molecule has 5 aromatic rings. The molecule has 6 rings (SSSR count). The molecule has 1 fully saturated rings. The van der Waals surface area contributed by atoms with E-state index in [1.165, 1.54) is 11.0 Å². The van der Waals surface area contributed by atoms with Crippen molar-refractivity contribution in [1.82, 2.24) is 20.2 Å². The van der Waals surface area contributed by atoms with Crippen molar-refractivity contribution in [2.45, 2.75) is 25.3 Å². The number of amides is 2. The SMILES string of the molecule is O=C(/C=C/c1cccnc1)NCc1cc2cc(-c3ccc(C(=O)N4CCC(F)(F)CC4)cc3)cc(-c3ccncc3)c2o1. The molecule has 4 heterocycles. The highest BCUT2D eigenvalue weighted by Crippen LogP contribution is 2.36. The van der Waals surface area contributed by atoms with E-state index >= 15 is 0 Å². The standard InChI is InChI=1S/C34H28F2N4O3/c35-34(36)11-16-40(17-12-34)33(42)26-6-4-24(5-7-26)27-18-28-19-29(22-39-31(41)8-3-23-2-1-13-38-21-23)43-32(28)30(20-27)25-9-14-37-15-10-25/h1-10,13-15,18-21H,11-12,16-17,22H2,(H,39,41)/b8-3+. The molecular weight excluding hydrogens is 550 g/mol. The van der Waals surface area contributed by atoms with Crippen LogP contribution in [0.4, 0.5) is 8.78 Å². The molecule has 9 heteroatoms. The highest BCUT2D eigenvalue weighted by Gasteiger charge is 2.35. The zero-order valence-electron chi connectivity index (χ0n) is 23.2. The minimum Gasteiger partial charge on any atom is -0.459 e. The van der Waals surface area contributed by atoms with Gasteiger partial charge in [0, 0.05) is 73.3 Å². The maximum absolute atomic E-state index is 13.5. The second-order valence-electron chi connectivity index (χ2n) is 10.5. The maximum atomic E-state index is 13.5. The number of benzene rings is 2. The molecule has 216 valence electrons. The summed E-state index contributed by atoms with van der Waals surface area (Å²) in [6.07, 6.45) is 9.29. The number of halogens is 2. The average Bonchev–Trinajstić information content (AvgIpc) is 3.46. The third-order valence-corrected chi connectivity index (χ3v) is 7.45. The van der Waals surface area contributed by atoms with Gasteiger partial charge in [-0.15, -0.1) is 0 Å². The number of likely N-dealkylation sites (tertiary alicyclic amines) is 1. The fraction of sp³-hybridized carbons (Fsp3) is 0.176. The third kappa shape index (κ3) is 6.51. The van der Waals surface area contributed by atoms with Crippen LogP contribution in [0.3, 0.4) is 0 Å². The van der Waals surface area contributed by atoms with E-state index in [0.29, 0.717) is 16.9 Å². The van der Waals surface area contributed by atoms with Gasteiger partial charge in [0.15, 0.2) is 0 Å². The second kappa shape index (κ2) is 12.0. The number of hydrogen-bond acceptors (Lipinski definition) is 5. The molecule has 2 amide bonds. The Morgan fingerprint density at radius 2 is 1.67 bits per heavy atom. The Balaban J connectivity index is 1.24. The van der Waals surface area contributed by atoms with Crippen LogP contribution in [0.15, 0.2) is 102 Å². The Hall–Kier alpha value is -5.18. The van der Waals surface area contributed by atoms with Crippen LogP contribution >= 0.6 is 0 Å². The molecule has 1 aliphatic heterocycles. The number of alkyl halides is 2. The summed E-state index contributed by atoms with van der Waals surface area (Å²) in [7, 11) is 0. The molecule has 0 atom stereocenters. The van der Waals surface area contributed by atoms with Gasteiger partial charge in [0.05, 0.1) is 6.54 Å². The van der Waals surface area contributed by atoms with Crippen molar-refractivity contribution in [2.24, 2.45) is 0 Å². The van der Waals surface area contributed by atoms with E-state index in [0.717, 1.165) is 33.2 Å². The van der Waals surface area contributed by atoms with Crippen molar-refractivity contribution in [3.8, 4) is 22.3 Å². The van der Waals surface area contributed by atoms with Crippen molar-refractivity contribution in [1.29, 1.82) is 0 Å². The molecule has 1 N–H and O–H groups in total. The number of aromatic nitrogens is 2. The summed E-state index contributed by atoms with van der Waals surface area (Å²) >= 11 is 0. The van der Waals surface area contributed by atoms with E-state index in [1.54, 1.807) is 49.1 Å². The molecular formula is C34H28F2N4O3. The van der Waals surface area contributed by atoms with Crippen molar-refractivity contribution < 1.29 is 22.8 Å². The number of fused-ring (bicyclic) bond motifs is 1. The molecule has 0 saturated carbocycles. The van der Waals surface area contributed by atoms with E-state index in [9.17, 15) is 18.4 Å². The van der Waals surface area contributed by atoms with Crippen LogP contribution in [-0.4, -0.2) is 45.7 Å². The number of carbonyl (C=O) groups excluding carboxylic acids is 2. The lowest BCUT2D eigenvalue weighted by Gasteiger charge is -2.31. The molecule has 1 aliphatic rings. The minimum absolute atomic E-state index is 0.0453. The maximum Gasteiger partial charge on any atom is 0.253 e. The number of rotatable bonds is 7. The number of carbonyl (C=O) groups is 2. The summed E-state index contributed by atoms with van der Waals surface area (Å²) in [6, 6.07) is 20.6. The molecule has 0 spiro atoms. The smallest absolute Gasteiger partial charge is 0.253 e. The normalized spacial score (nSPS) is 14.7. The van der Waals surface area contributed by atoms with Gasteiger partial charge in [-0.05, 0) is 76.9 Å². The zero-order chi connectivity index (χ0) is 29.8. The fourth-order valence-corrected chi connectivity index (χ4v) is 5.11. The number of nitrogens with zero attached hydrogens (tertiary/aromatic N) is 3. The lowest BCUT2D eigenvalue weighted by molar-refractivity contribution is -0.116. The van der Waals surface area contributed by atoms with E-state index in [1.807, 2.05) is 48.5 Å². The molecule has 0 bridgehead atoms. The Morgan fingerprint density at radius 1 is 0.907 bits per heavy atom. The van der Waals surface area contributed by atoms with Gasteiger partial charge in [-0.25, -0.2) is 8.78 Å². The second-order valence-corrected chi connectivity index (χ2v) is 10.5. The van der Waals surface area contributed by atoms with Crippen molar-refractivity contribution in [2.75, 3.05) is 13.1 Å². The Bertz CT molecular complexity index is 1780. The molecule has 0 aliphatic carbocycles. The van der Waals surface area contributed by atoms with Crippen LogP contribution in [0.25, 0.3) is 39.3 Å². The first-order chi connectivity index (χ1) is 20.8. The van der Waals surface area contributed by atoms with E-state index in [4.69, 9.17) is 4.42 Å². The first-order valence-electron chi connectivity index (χ1n) is 13.9. The highest BCUT2D eigenvalue weighted by molar-refractivity contribution is 5.98. The number of nitrogens with one attached hydrogen (secondary N) is 1. The van der Waals surface area contributed by atoms with Gasteiger partial charge >= 0.3 is 0 Å². The molecule has 3 aromatic heterocycles. The van der Waals surface area contributed by atoms with Gasteiger partial charge < -0.3 is 14.6 Å². The van der Waals surface area contributed by atoms with Gasteiger partial charge in [0.25, 0.3) is 11.8 Å². The Morgan fingerprint density at radius 3 is 2.40 bits per heavy atom. The van der Waals surface area contributed by atoms with Crippen LogP contribution in [0.2, 0.25) is 0 Å². The molecule has 0 unspecified atom stereocenters. The number of hydrogen-bond donors (Lipinski definition) is 1. The largest absolute Gasteiger partial charge is 0.459 e. The zero-order valence-corrected chi connectivity index (χ0v) is 23.2. The van der Waals surface area contributed by atoms with Crippen LogP contribution in [0.1, 0.15) is 34.5 Å². The minimum atomic E-state index is -2.71. The average molecular weight is 579 g/mol. The van der Waals surface area contributed by atoms with Crippen molar-refractivity contribution >= 4 is 28.9 Å². The van der Waals surface area contributed by atoms with Crippen LogP contribution in [0.5, 0.6) is 0 Å². The summed E-state index contributed by atoms with van der Waals surface area (Å²) in [5.74, 6) is -2.61. The van der Waals surface area contributed by atoms with Crippen molar-refractivity contribution in [3.05, 3.63) is 114 Å². The first kappa shape index (κ1) is 28.0. The topological polar surface area (TPSA) is 88.3 Å². The molecule has 7 nitrogen and oxygen atoms in total. The van der Waals surface area contributed by atoms with Gasteiger partial charge in [0.2, 0.25) is 5.91 Å². The third-order valence-electron chi connectivity index (χ3n) is 7.45. The Kier molecular flexibility index (Phi) is 7.79. The van der Waals surface area contributed by atoms with E-state index in [-0.39, 0.29) is 44.3 Å². The van der Waals surface area contributed by atoms with Crippen LogP contribution in [-0.2, 0) is 11.3 Å². The summed E-state index contributed by atoms with van der Waals surface area (Å²) in [4.78, 5) is 35.0.